The van der Waals surface area contributed by atoms with E-state index in [0.29, 0.717) is 6.54 Å². The van der Waals surface area contributed by atoms with Crippen molar-refractivity contribution >= 4 is 5.91 Å². The molecule has 0 bridgehead atoms. The summed E-state index contributed by atoms with van der Waals surface area (Å²) in [5.41, 5.74) is 0.303. The molecular weight excluding hydrogens is 266 g/mol. The summed E-state index contributed by atoms with van der Waals surface area (Å²) in [6.45, 7) is 5.99. The molecule has 0 fully saturated rings. The van der Waals surface area contributed by atoms with Gasteiger partial charge in [0, 0.05) is 11.7 Å². The Hall–Kier alpha value is -2.43. The SMILES string of the molecule is CC(C)(C)NC(=O)c1cncn(Cc2ccccc2)c1=O. The van der Waals surface area contributed by atoms with Crippen molar-refractivity contribution in [3.63, 3.8) is 0 Å². The van der Waals surface area contributed by atoms with E-state index in [1.165, 1.54) is 17.1 Å². The molecule has 5 heteroatoms. The van der Waals surface area contributed by atoms with Crippen LogP contribution in [-0.2, 0) is 6.54 Å². The zero-order valence-electron chi connectivity index (χ0n) is 12.5. The van der Waals surface area contributed by atoms with Gasteiger partial charge in [-0.05, 0) is 26.3 Å². The number of rotatable bonds is 3. The van der Waals surface area contributed by atoms with Crippen LogP contribution in [0.2, 0.25) is 0 Å². The van der Waals surface area contributed by atoms with Crippen molar-refractivity contribution in [3.05, 3.63) is 64.3 Å². The number of amides is 1. The Balaban J connectivity index is 2.28. The molecule has 110 valence electrons. The lowest BCUT2D eigenvalue weighted by Crippen LogP contribution is -2.43. The molecular formula is C16H19N3O2. The maximum Gasteiger partial charge on any atom is 0.266 e. The molecule has 1 aromatic heterocycles. The topological polar surface area (TPSA) is 64.0 Å². The number of nitrogens with one attached hydrogen (secondary N) is 1. The highest BCUT2D eigenvalue weighted by molar-refractivity contribution is 5.93. The normalized spacial score (nSPS) is 11.2. The van der Waals surface area contributed by atoms with Crippen LogP contribution < -0.4 is 10.9 Å². The fourth-order valence-corrected chi connectivity index (χ4v) is 1.91. The zero-order valence-corrected chi connectivity index (χ0v) is 12.5. The summed E-state index contributed by atoms with van der Waals surface area (Å²) in [6, 6.07) is 9.58. The summed E-state index contributed by atoms with van der Waals surface area (Å²) in [7, 11) is 0. The Morgan fingerprint density at radius 2 is 1.90 bits per heavy atom. The average molecular weight is 285 g/mol. The van der Waals surface area contributed by atoms with Gasteiger partial charge in [0.15, 0.2) is 0 Å². The van der Waals surface area contributed by atoms with Gasteiger partial charge >= 0.3 is 0 Å². The van der Waals surface area contributed by atoms with Crippen molar-refractivity contribution in [2.24, 2.45) is 0 Å². The fraction of sp³-hybridized carbons (Fsp3) is 0.312. The Labute approximate surface area is 123 Å². The Morgan fingerprint density at radius 3 is 2.52 bits per heavy atom. The molecule has 2 rings (SSSR count). The highest BCUT2D eigenvalue weighted by Gasteiger charge is 2.18. The van der Waals surface area contributed by atoms with E-state index in [2.05, 4.69) is 10.3 Å². The van der Waals surface area contributed by atoms with Gasteiger partial charge in [0.1, 0.15) is 5.56 Å². The molecule has 21 heavy (non-hydrogen) atoms. The van der Waals surface area contributed by atoms with Crippen molar-refractivity contribution in [1.82, 2.24) is 14.9 Å². The minimum Gasteiger partial charge on any atom is -0.347 e. The molecule has 0 atom stereocenters. The maximum absolute atomic E-state index is 12.4. The first-order valence-corrected chi connectivity index (χ1v) is 6.78. The molecule has 0 radical (unpaired) electrons. The highest BCUT2D eigenvalue weighted by Crippen LogP contribution is 2.03. The van der Waals surface area contributed by atoms with Crippen molar-refractivity contribution in [2.75, 3.05) is 0 Å². The van der Waals surface area contributed by atoms with Gasteiger partial charge in [-0.25, -0.2) is 4.98 Å². The van der Waals surface area contributed by atoms with Crippen LogP contribution in [-0.4, -0.2) is 21.0 Å². The standard InChI is InChI=1S/C16H19N3O2/c1-16(2,3)18-14(20)13-9-17-11-19(15(13)21)10-12-7-5-4-6-8-12/h4-9,11H,10H2,1-3H3,(H,18,20). The van der Waals surface area contributed by atoms with Crippen LogP contribution in [0.25, 0.3) is 0 Å². The van der Waals surface area contributed by atoms with Gasteiger partial charge in [0.25, 0.3) is 11.5 Å². The third-order valence-electron chi connectivity index (χ3n) is 2.83. The van der Waals surface area contributed by atoms with Gasteiger partial charge in [0.05, 0.1) is 12.9 Å². The molecule has 0 spiro atoms. The highest BCUT2D eigenvalue weighted by atomic mass is 16.2. The average Bonchev–Trinajstić information content (AvgIpc) is 2.40. The summed E-state index contributed by atoms with van der Waals surface area (Å²) in [4.78, 5) is 28.5. The molecule has 0 aliphatic rings. The second-order valence-corrected chi connectivity index (χ2v) is 5.93. The number of hydrogen-bond donors (Lipinski definition) is 1. The first-order valence-electron chi connectivity index (χ1n) is 6.78. The predicted octanol–water partition coefficient (Wildman–Crippen LogP) is 1.82. The van der Waals surface area contributed by atoms with E-state index in [0.717, 1.165) is 5.56 Å². The van der Waals surface area contributed by atoms with Crippen LogP contribution in [0.4, 0.5) is 0 Å². The summed E-state index contributed by atoms with van der Waals surface area (Å²) < 4.78 is 1.44. The molecule has 0 saturated heterocycles. The monoisotopic (exact) mass is 285 g/mol. The fourth-order valence-electron chi connectivity index (χ4n) is 1.91. The third kappa shape index (κ3) is 4.02. The van der Waals surface area contributed by atoms with Crippen LogP contribution >= 0.6 is 0 Å². The second kappa shape index (κ2) is 5.91. The van der Waals surface area contributed by atoms with Gasteiger partial charge < -0.3 is 5.32 Å². The van der Waals surface area contributed by atoms with Gasteiger partial charge in [-0.15, -0.1) is 0 Å². The lowest BCUT2D eigenvalue weighted by molar-refractivity contribution is 0.0917. The van der Waals surface area contributed by atoms with Gasteiger partial charge in [-0.3, -0.25) is 14.2 Å². The minimum absolute atomic E-state index is 0.0587. The number of carbonyl (C=O) groups excluding carboxylic acids is 1. The number of aromatic nitrogens is 2. The maximum atomic E-state index is 12.4. The van der Waals surface area contributed by atoms with E-state index in [9.17, 15) is 9.59 Å². The first kappa shape index (κ1) is 15.0. The van der Waals surface area contributed by atoms with Crippen molar-refractivity contribution in [2.45, 2.75) is 32.9 Å². The summed E-state index contributed by atoms with van der Waals surface area (Å²) in [5, 5.41) is 2.78. The molecule has 1 N–H and O–H groups in total. The molecule has 1 amide bonds. The van der Waals surface area contributed by atoms with Crippen molar-refractivity contribution in [3.8, 4) is 0 Å². The van der Waals surface area contributed by atoms with Crippen LogP contribution in [0.5, 0.6) is 0 Å². The Kier molecular flexibility index (Phi) is 4.21. The molecule has 5 nitrogen and oxygen atoms in total. The minimum atomic E-state index is -0.401. The molecule has 0 aliphatic carbocycles. The first-order chi connectivity index (χ1) is 9.87. The quantitative estimate of drug-likeness (QED) is 0.935. The Morgan fingerprint density at radius 1 is 1.24 bits per heavy atom. The molecule has 1 aromatic carbocycles. The molecule has 2 aromatic rings. The van der Waals surface area contributed by atoms with Crippen LogP contribution in [0.1, 0.15) is 36.7 Å². The lowest BCUT2D eigenvalue weighted by Gasteiger charge is -2.20. The number of hydrogen-bond acceptors (Lipinski definition) is 3. The predicted molar refractivity (Wildman–Crippen MR) is 81.3 cm³/mol. The van der Waals surface area contributed by atoms with E-state index < -0.39 is 11.4 Å². The molecule has 0 saturated carbocycles. The number of carbonyl (C=O) groups is 1. The number of benzene rings is 1. The third-order valence-corrected chi connectivity index (χ3v) is 2.83. The van der Waals surface area contributed by atoms with E-state index in [-0.39, 0.29) is 11.1 Å². The molecule has 1 heterocycles. The van der Waals surface area contributed by atoms with Crippen LogP contribution in [0.3, 0.4) is 0 Å². The van der Waals surface area contributed by atoms with Crippen LogP contribution in [0, 0.1) is 0 Å². The smallest absolute Gasteiger partial charge is 0.266 e. The largest absolute Gasteiger partial charge is 0.347 e. The van der Waals surface area contributed by atoms with Crippen LogP contribution in [0.15, 0.2) is 47.7 Å². The van der Waals surface area contributed by atoms with Gasteiger partial charge in [0.2, 0.25) is 0 Å². The van der Waals surface area contributed by atoms with E-state index >= 15 is 0 Å². The van der Waals surface area contributed by atoms with Crippen molar-refractivity contribution < 1.29 is 4.79 Å². The summed E-state index contributed by atoms with van der Waals surface area (Å²) in [5.74, 6) is -0.401. The van der Waals surface area contributed by atoms with E-state index in [1.54, 1.807) is 0 Å². The Bertz CT molecular complexity index is 685. The summed E-state index contributed by atoms with van der Waals surface area (Å²) in [6.07, 6.45) is 2.76. The van der Waals surface area contributed by atoms with E-state index in [4.69, 9.17) is 0 Å². The lowest BCUT2D eigenvalue weighted by atomic mass is 10.1. The van der Waals surface area contributed by atoms with Gasteiger partial charge in [-0.2, -0.15) is 0 Å². The molecule has 0 unspecified atom stereocenters. The number of nitrogens with zero attached hydrogens (tertiary/aromatic N) is 2. The second-order valence-electron chi connectivity index (χ2n) is 5.93. The zero-order chi connectivity index (χ0) is 15.5. The van der Waals surface area contributed by atoms with Gasteiger partial charge in [-0.1, -0.05) is 30.3 Å². The summed E-state index contributed by atoms with van der Waals surface area (Å²) >= 11 is 0. The van der Waals surface area contributed by atoms with Crippen molar-refractivity contribution in [1.29, 1.82) is 0 Å². The van der Waals surface area contributed by atoms with E-state index in [1.807, 2.05) is 51.1 Å². The molecule has 0 aliphatic heterocycles.